The Bertz CT molecular complexity index is 420. The van der Waals surface area contributed by atoms with Crippen LogP contribution in [0, 0.1) is 5.92 Å². The Hall–Kier alpha value is -0.670. The van der Waals surface area contributed by atoms with Gasteiger partial charge in [0.15, 0.2) is 0 Å². The van der Waals surface area contributed by atoms with E-state index >= 15 is 0 Å². The Labute approximate surface area is 141 Å². The zero-order valence-electron chi connectivity index (χ0n) is 14.7. The van der Waals surface area contributed by atoms with E-state index in [1.165, 1.54) is 37.0 Å². The standard InChI is InChI=1S/C19H33NOS/c1-5-6-7-8-9-12-22-16-10-11-17(19(21)13-16)18(14-20-4)15(2)3/h10-11,13,15,18,20-21H,5-9,12,14H2,1-4H3. The number of aromatic hydroxyl groups is 1. The van der Waals surface area contributed by atoms with Gasteiger partial charge in [0, 0.05) is 17.4 Å². The first-order chi connectivity index (χ1) is 10.6. The molecule has 0 radical (unpaired) electrons. The molecular formula is C19H33NOS. The Balaban J connectivity index is 2.54. The monoisotopic (exact) mass is 323 g/mol. The first-order valence-corrected chi connectivity index (χ1v) is 9.69. The SMILES string of the molecule is CCCCCCCSc1ccc(C(CNC)C(C)C)c(O)c1. The molecule has 0 bridgehead atoms. The number of phenolic OH excluding ortho intramolecular Hbond substituents is 1. The summed E-state index contributed by atoms with van der Waals surface area (Å²) in [4.78, 5) is 1.18. The van der Waals surface area contributed by atoms with Crippen LogP contribution in [0.4, 0.5) is 0 Å². The fourth-order valence-electron chi connectivity index (χ4n) is 2.75. The summed E-state index contributed by atoms with van der Waals surface area (Å²) in [5.41, 5.74) is 1.07. The molecule has 126 valence electrons. The van der Waals surface area contributed by atoms with Crippen LogP contribution < -0.4 is 5.32 Å². The lowest BCUT2D eigenvalue weighted by atomic mass is 9.88. The van der Waals surface area contributed by atoms with Gasteiger partial charge in [0.25, 0.3) is 0 Å². The van der Waals surface area contributed by atoms with E-state index in [0.29, 0.717) is 17.6 Å². The molecule has 0 saturated carbocycles. The smallest absolute Gasteiger partial charge is 0.120 e. The second-order valence-electron chi connectivity index (χ2n) is 6.39. The van der Waals surface area contributed by atoms with Gasteiger partial charge in [-0.15, -0.1) is 11.8 Å². The lowest BCUT2D eigenvalue weighted by Crippen LogP contribution is -2.21. The van der Waals surface area contributed by atoms with Crippen LogP contribution in [0.25, 0.3) is 0 Å². The molecule has 3 heteroatoms. The van der Waals surface area contributed by atoms with Crippen LogP contribution in [-0.2, 0) is 0 Å². The van der Waals surface area contributed by atoms with Crippen molar-refractivity contribution in [1.82, 2.24) is 5.32 Å². The average Bonchev–Trinajstić information content (AvgIpc) is 2.49. The maximum absolute atomic E-state index is 10.4. The Kier molecular flexibility index (Phi) is 9.65. The number of hydrogen-bond donors (Lipinski definition) is 2. The van der Waals surface area contributed by atoms with E-state index in [1.54, 1.807) is 0 Å². The van der Waals surface area contributed by atoms with Crippen molar-refractivity contribution < 1.29 is 5.11 Å². The summed E-state index contributed by atoms with van der Waals surface area (Å²) in [6, 6.07) is 6.21. The number of benzene rings is 1. The van der Waals surface area contributed by atoms with Crippen LogP contribution in [0.5, 0.6) is 5.75 Å². The van der Waals surface area contributed by atoms with Gasteiger partial charge in [-0.1, -0.05) is 52.5 Å². The molecule has 0 aliphatic rings. The topological polar surface area (TPSA) is 32.3 Å². The van der Waals surface area contributed by atoms with Crippen LogP contribution >= 0.6 is 11.8 Å². The van der Waals surface area contributed by atoms with Crippen molar-refractivity contribution in [2.45, 2.75) is 63.7 Å². The predicted molar refractivity (Wildman–Crippen MR) is 99.1 cm³/mol. The number of phenols is 1. The highest BCUT2D eigenvalue weighted by Gasteiger charge is 2.18. The van der Waals surface area contributed by atoms with Crippen LogP contribution in [0.1, 0.15) is 64.4 Å². The molecule has 0 fully saturated rings. The lowest BCUT2D eigenvalue weighted by molar-refractivity contribution is 0.427. The largest absolute Gasteiger partial charge is 0.508 e. The van der Waals surface area contributed by atoms with Gasteiger partial charge in [-0.3, -0.25) is 0 Å². The highest BCUT2D eigenvalue weighted by Crippen LogP contribution is 2.34. The molecule has 0 amide bonds. The van der Waals surface area contributed by atoms with Crippen LogP contribution in [-0.4, -0.2) is 24.5 Å². The number of unbranched alkanes of at least 4 members (excludes halogenated alkanes) is 4. The Morgan fingerprint density at radius 3 is 2.45 bits per heavy atom. The molecule has 0 aromatic heterocycles. The van der Waals surface area contributed by atoms with Gasteiger partial charge in [-0.25, -0.2) is 0 Å². The van der Waals surface area contributed by atoms with Crippen molar-refractivity contribution >= 4 is 11.8 Å². The van der Waals surface area contributed by atoms with Gasteiger partial charge >= 0.3 is 0 Å². The molecule has 0 aliphatic heterocycles. The van der Waals surface area contributed by atoms with E-state index < -0.39 is 0 Å². The van der Waals surface area contributed by atoms with Crippen molar-refractivity contribution in [2.24, 2.45) is 5.92 Å². The Morgan fingerprint density at radius 1 is 1.14 bits per heavy atom. The van der Waals surface area contributed by atoms with Crippen LogP contribution in [0.2, 0.25) is 0 Å². The minimum absolute atomic E-state index is 0.359. The van der Waals surface area contributed by atoms with Crippen molar-refractivity contribution in [3.63, 3.8) is 0 Å². The van der Waals surface area contributed by atoms with Gasteiger partial charge in [0.1, 0.15) is 5.75 Å². The maximum atomic E-state index is 10.4. The molecule has 1 unspecified atom stereocenters. The van der Waals surface area contributed by atoms with E-state index in [2.05, 4.69) is 38.2 Å². The minimum Gasteiger partial charge on any atom is -0.508 e. The van der Waals surface area contributed by atoms with Gasteiger partial charge < -0.3 is 10.4 Å². The van der Waals surface area contributed by atoms with E-state index in [9.17, 15) is 5.11 Å². The first-order valence-electron chi connectivity index (χ1n) is 8.70. The fraction of sp³-hybridized carbons (Fsp3) is 0.684. The molecule has 2 nitrogen and oxygen atoms in total. The summed E-state index contributed by atoms with van der Waals surface area (Å²) in [7, 11) is 1.97. The number of nitrogens with one attached hydrogen (secondary N) is 1. The summed E-state index contributed by atoms with van der Waals surface area (Å²) >= 11 is 1.86. The molecule has 1 aromatic rings. The third-order valence-electron chi connectivity index (χ3n) is 4.15. The summed E-state index contributed by atoms with van der Waals surface area (Å²) in [6.07, 6.45) is 6.58. The molecule has 1 rings (SSSR count). The molecule has 1 aromatic carbocycles. The quantitative estimate of drug-likeness (QED) is 0.421. The van der Waals surface area contributed by atoms with E-state index in [0.717, 1.165) is 17.9 Å². The van der Waals surface area contributed by atoms with E-state index in [-0.39, 0.29) is 0 Å². The maximum Gasteiger partial charge on any atom is 0.120 e. The zero-order chi connectivity index (χ0) is 16.4. The molecule has 22 heavy (non-hydrogen) atoms. The van der Waals surface area contributed by atoms with Crippen molar-refractivity contribution in [3.05, 3.63) is 23.8 Å². The number of thioether (sulfide) groups is 1. The second-order valence-corrected chi connectivity index (χ2v) is 7.56. The second kappa shape index (κ2) is 11.0. The molecule has 0 spiro atoms. The van der Waals surface area contributed by atoms with Gasteiger partial charge in [-0.05, 0) is 42.8 Å². The minimum atomic E-state index is 0.359. The third kappa shape index (κ3) is 6.62. The molecule has 0 aliphatic carbocycles. The van der Waals surface area contributed by atoms with Gasteiger partial charge in [0.05, 0.1) is 0 Å². The van der Waals surface area contributed by atoms with E-state index in [4.69, 9.17) is 0 Å². The highest BCUT2D eigenvalue weighted by atomic mass is 32.2. The molecular weight excluding hydrogens is 290 g/mol. The summed E-state index contributed by atoms with van der Waals surface area (Å²) in [5.74, 6) is 2.46. The third-order valence-corrected chi connectivity index (χ3v) is 5.23. The summed E-state index contributed by atoms with van der Waals surface area (Å²) in [6.45, 7) is 7.56. The summed E-state index contributed by atoms with van der Waals surface area (Å²) < 4.78 is 0. The molecule has 2 N–H and O–H groups in total. The predicted octanol–water partition coefficient (Wildman–Crippen LogP) is 5.41. The zero-order valence-corrected chi connectivity index (χ0v) is 15.5. The van der Waals surface area contributed by atoms with Crippen LogP contribution in [0.3, 0.4) is 0 Å². The normalized spacial score (nSPS) is 12.8. The van der Waals surface area contributed by atoms with Crippen molar-refractivity contribution in [3.8, 4) is 5.75 Å². The molecule has 0 heterocycles. The average molecular weight is 324 g/mol. The number of hydrogen-bond acceptors (Lipinski definition) is 3. The van der Waals surface area contributed by atoms with Gasteiger partial charge in [-0.2, -0.15) is 0 Å². The highest BCUT2D eigenvalue weighted by molar-refractivity contribution is 7.99. The number of rotatable bonds is 11. The molecule has 1 atom stereocenters. The molecule has 0 saturated heterocycles. The fourth-order valence-corrected chi connectivity index (χ4v) is 3.69. The van der Waals surface area contributed by atoms with Crippen molar-refractivity contribution in [1.29, 1.82) is 0 Å². The first kappa shape index (κ1) is 19.4. The summed E-state index contributed by atoms with van der Waals surface area (Å²) in [5, 5.41) is 13.6. The van der Waals surface area contributed by atoms with Crippen molar-refractivity contribution in [2.75, 3.05) is 19.3 Å². The Morgan fingerprint density at radius 2 is 1.86 bits per heavy atom. The van der Waals surface area contributed by atoms with Gasteiger partial charge in [0.2, 0.25) is 0 Å². The van der Waals surface area contributed by atoms with E-state index in [1.807, 2.05) is 24.9 Å². The van der Waals surface area contributed by atoms with Crippen LogP contribution in [0.15, 0.2) is 23.1 Å². The number of likely N-dealkylation sites (N-methyl/N-ethyl adjacent to an activating group) is 1. The lowest BCUT2D eigenvalue weighted by Gasteiger charge is -2.22.